The molecule has 1 unspecified atom stereocenters. The Bertz CT molecular complexity index is 583. The Morgan fingerprint density at radius 3 is 2.89 bits per heavy atom. The van der Waals surface area contributed by atoms with Crippen LogP contribution in [0.1, 0.15) is 36.6 Å². The Balaban J connectivity index is 1.82. The lowest BCUT2D eigenvalue weighted by molar-refractivity contribution is 0.392. The van der Waals surface area contributed by atoms with E-state index in [0.717, 1.165) is 6.54 Å². The van der Waals surface area contributed by atoms with Gasteiger partial charge < -0.3 is 9.88 Å². The van der Waals surface area contributed by atoms with Gasteiger partial charge in [-0.3, -0.25) is 0 Å². The third-order valence-electron chi connectivity index (χ3n) is 4.36. The van der Waals surface area contributed by atoms with Gasteiger partial charge in [-0.05, 0) is 38.4 Å². The van der Waals surface area contributed by atoms with Crippen molar-refractivity contribution in [1.82, 2.24) is 14.9 Å². The summed E-state index contributed by atoms with van der Waals surface area (Å²) in [6, 6.07) is 8.75. The van der Waals surface area contributed by atoms with Crippen LogP contribution in [0.3, 0.4) is 0 Å². The van der Waals surface area contributed by atoms with Gasteiger partial charge in [0.05, 0.1) is 17.6 Å². The molecule has 1 aliphatic rings. The molecule has 0 amide bonds. The van der Waals surface area contributed by atoms with Crippen molar-refractivity contribution in [2.24, 2.45) is 0 Å². The molecule has 100 valence electrons. The SMILES string of the molecule is CNC(C)(C)c1cncn1CC1Cc2ccccc21. The molecule has 2 aromatic rings. The Kier molecular flexibility index (Phi) is 2.94. The maximum atomic E-state index is 4.33. The first-order valence-corrected chi connectivity index (χ1v) is 6.89. The van der Waals surface area contributed by atoms with Crippen molar-refractivity contribution in [2.75, 3.05) is 7.05 Å². The summed E-state index contributed by atoms with van der Waals surface area (Å²) in [5.41, 5.74) is 4.21. The summed E-state index contributed by atoms with van der Waals surface area (Å²) in [7, 11) is 2.00. The maximum absolute atomic E-state index is 4.33. The van der Waals surface area contributed by atoms with Gasteiger partial charge in [-0.25, -0.2) is 4.98 Å². The van der Waals surface area contributed by atoms with E-state index in [0.29, 0.717) is 5.92 Å². The lowest BCUT2D eigenvalue weighted by atomic mass is 9.77. The number of fused-ring (bicyclic) bond motifs is 1. The van der Waals surface area contributed by atoms with Crippen molar-refractivity contribution >= 4 is 0 Å². The van der Waals surface area contributed by atoms with Crippen molar-refractivity contribution < 1.29 is 0 Å². The Hall–Kier alpha value is -1.61. The van der Waals surface area contributed by atoms with Gasteiger partial charge in [0.1, 0.15) is 0 Å². The summed E-state index contributed by atoms with van der Waals surface area (Å²) in [4.78, 5) is 4.33. The number of hydrogen-bond donors (Lipinski definition) is 1. The van der Waals surface area contributed by atoms with Gasteiger partial charge in [-0.15, -0.1) is 0 Å². The monoisotopic (exact) mass is 255 g/mol. The zero-order valence-electron chi connectivity index (χ0n) is 11.9. The minimum atomic E-state index is -0.0419. The second kappa shape index (κ2) is 4.49. The van der Waals surface area contributed by atoms with Crippen LogP contribution in [0.25, 0.3) is 0 Å². The van der Waals surface area contributed by atoms with Crippen LogP contribution < -0.4 is 5.32 Å². The van der Waals surface area contributed by atoms with Gasteiger partial charge in [0.25, 0.3) is 0 Å². The molecule has 0 aliphatic heterocycles. The van der Waals surface area contributed by atoms with Gasteiger partial charge in [0, 0.05) is 18.7 Å². The maximum Gasteiger partial charge on any atom is 0.0948 e. The van der Waals surface area contributed by atoms with E-state index in [1.807, 2.05) is 19.6 Å². The summed E-state index contributed by atoms with van der Waals surface area (Å²) >= 11 is 0. The normalized spacial score (nSPS) is 17.9. The molecule has 1 atom stereocenters. The third-order valence-corrected chi connectivity index (χ3v) is 4.36. The molecule has 0 spiro atoms. The first kappa shape index (κ1) is 12.4. The molecule has 1 aromatic carbocycles. The van der Waals surface area contributed by atoms with Crippen LogP contribution in [0.5, 0.6) is 0 Å². The number of rotatable bonds is 4. The molecule has 0 radical (unpaired) electrons. The summed E-state index contributed by atoms with van der Waals surface area (Å²) in [5.74, 6) is 0.636. The number of benzene rings is 1. The second-order valence-electron chi connectivity index (χ2n) is 5.91. The average Bonchev–Trinajstić information content (AvgIpc) is 2.85. The molecule has 1 heterocycles. The molecular weight excluding hydrogens is 234 g/mol. The number of nitrogens with zero attached hydrogens (tertiary/aromatic N) is 2. The smallest absolute Gasteiger partial charge is 0.0948 e. The van der Waals surface area contributed by atoms with Crippen molar-refractivity contribution in [2.45, 2.75) is 38.3 Å². The molecule has 0 saturated heterocycles. The number of aromatic nitrogens is 2. The molecule has 3 heteroatoms. The van der Waals surface area contributed by atoms with Crippen LogP contribution >= 0.6 is 0 Å². The fraction of sp³-hybridized carbons (Fsp3) is 0.438. The highest BCUT2D eigenvalue weighted by Gasteiger charge is 2.28. The zero-order valence-corrected chi connectivity index (χ0v) is 11.9. The minimum absolute atomic E-state index is 0.0419. The molecule has 3 rings (SSSR count). The zero-order chi connectivity index (χ0) is 13.5. The molecule has 1 aromatic heterocycles. The predicted molar refractivity (Wildman–Crippen MR) is 77.2 cm³/mol. The highest BCUT2D eigenvalue weighted by Crippen LogP contribution is 2.36. The first-order chi connectivity index (χ1) is 9.12. The van der Waals surface area contributed by atoms with Gasteiger partial charge >= 0.3 is 0 Å². The van der Waals surface area contributed by atoms with E-state index in [9.17, 15) is 0 Å². The fourth-order valence-electron chi connectivity index (χ4n) is 2.88. The van der Waals surface area contributed by atoms with Crippen LogP contribution in [-0.2, 0) is 18.5 Å². The summed E-state index contributed by atoms with van der Waals surface area (Å²) in [6.45, 7) is 5.40. The van der Waals surface area contributed by atoms with Crippen molar-refractivity contribution in [3.05, 3.63) is 53.6 Å². The van der Waals surface area contributed by atoms with Crippen molar-refractivity contribution in [3.8, 4) is 0 Å². The van der Waals surface area contributed by atoms with Gasteiger partial charge in [0.15, 0.2) is 0 Å². The summed E-state index contributed by atoms with van der Waals surface area (Å²) in [6.07, 6.45) is 5.12. The third kappa shape index (κ3) is 2.08. The average molecular weight is 255 g/mol. The van der Waals surface area contributed by atoms with E-state index in [1.165, 1.54) is 23.2 Å². The molecule has 0 fully saturated rings. The number of nitrogens with one attached hydrogen (secondary N) is 1. The topological polar surface area (TPSA) is 29.9 Å². The van der Waals surface area contributed by atoms with E-state index >= 15 is 0 Å². The largest absolute Gasteiger partial charge is 0.332 e. The number of imidazole rings is 1. The Labute approximate surface area is 114 Å². The molecule has 0 bridgehead atoms. The van der Waals surface area contributed by atoms with E-state index in [1.54, 1.807) is 0 Å². The van der Waals surface area contributed by atoms with Gasteiger partial charge in [0.2, 0.25) is 0 Å². The first-order valence-electron chi connectivity index (χ1n) is 6.89. The molecule has 1 aliphatic carbocycles. The summed E-state index contributed by atoms with van der Waals surface area (Å²) in [5, 5.41) is 3.35. The van der Waals surface area contributed by atoms with E-state index in [2.05, 4.69) is 53.0 Å². The lowest BCUT2D eigenvalue weighted by Gasteiger charge is -2.32. The van der Waals surface area contributed by atoms with E-state index < -0.39 is 0 Å². The Morgan fingerprint density at radius 2 is 2.16 bits per heavy atom. The standard InChI is InChI=1S/C16H21N3/c1-16(2,17-3)15-9-18-11-19(15)10-13-8-12-6-4-5-7-14(12)13/h4-7,9,11,13,17H,8,10H2,1-3H3. The molecule has 3 nitrogen and oxygen atoms in total. The van der Waals surface area contributed by atoms with Crippen LogP contribution in [-0.4, -0.2) is 16.6 Å². The molecule has 1 N–H and O–H groups in total. The second-order valence-corrected chi connectivity index (χ2v) is 5.91. The van der Waals surface area contributed by atoms with Crippen LogP contribution in [0.2, 0.25) is 0 Å². The van der Waals surface area contributed by atoms with Crippen LogP contribution in [0.4, 0.5) is 0 Å². The van der Waals surface area contributed by atoms with Crippen LogP contribution in [0.15, 0.2) is 36.8 Å². The molecule has 19 heavy (non-hydrogen) atoms. The molecule has 0 saturated carbocycles. The quantitative estimate of drug-likeness (QED) is 0.910. The van der Waals surface area contributed by atoms with Crippen molar-refractivity contribution in [3.63, 3.8) is 0 Å². The Morgan fingerprint density at radius 1 is 1.37 bits per heavy atom. The lowest BCUT2D eigenvalue weighted by Crippen LogP contribution is -2.36. The van der Waals surface area contributed by atoms with Gasteiger partial charge in [-0.1, -0.05) is 24.3 Å². The van der Waals surface area contributed by atoms with E-state index in [4.69, 9.17) is 0 Å². The van der Waals surface area contributed by atoms with Crippen LogP contribution in [0, 0.1) is 0 Å². The fourth-order valence-corrected chi connectivity index (χ4v) is 2.88. The number of hydrogen-bond acceptors (Lipinski definition) is 2. The van der Waals surface area contributed by atoms with Crippen molar-refractivity contribution in [1.29, 1.82) is 0 Å². The highest BCUT2D eigenvalue weighted by atomic mass is 15.1. The summed E-state index contributed by atoms with van der Waals surface area (Å²) < 4.78 is 2.29. The molecular formula is C16H21N3. The highest BCUT2D eigenvalue weighted by molar-refractivity contribution is 5.39. The minimum Gasteiger partial charge on any atom is -0.332 e. The van der Waals surface area contributed by atoms with Gasteiger partial charge in [-0.2, -0.15) is 0 Å². The van der Waals surface area contributed by atoms with E-state index in [-0.39, 0.29) is 5.54 Å². The predicted octanol–water partition coefficient (Wildman–Crippen LogP) is 2.68.